The third-order valence-corrected chi connectivity index (χ3v) is 2.73. The van der Waals surface area contributed by atoms with Crippen molar-refractivity contribution in [3.05, 3.63) is 23.3 Å². The molecule has 0 fully saturated rings. The zero-order valence-corrected chi connectivity index (χ0v) is 9.97. The second kappa shape index (κ2) is 5.74. The fourth-order valence-electron chi connectivity index (χ4n) is 1.67. The molecule has 0 spiro atoms. The first-order valence-corrected chi connectivity index (χ1v) is 5.75. The van der Waals surface area contributed by atoms with E-state index in [1.807, 2.05) is 13.8 Å². The van der Waals surface area contributed by atoms with Crippen molar-refractivity contribution in [2.45, 2.75) is 40.0 Å². The smallest absolute Gasteiger partial charge is 0.222 e. The zero-order chi connectivity index (χ0) is 11.3. The molecular weight excluding hydrogens is 186 g/mol. The van der Waals surface area contributed by atoms with Crippen LogP contribution in [0.3, 0.4) is 0 Å². The monoisotopic (exact) mass is 209 g/mol. The van der Waals surface area contributed by atoms with E-state index in [1.54, 1.807) is 0 Å². The number of hydrogen-bond donors (Lipinski definition) is 1. The highest BCUT2D eigenvalue weighted by Gasteiger charge is 2.07. The van der Waals surface area contributed by atoms with Crippen molar-refractivity contribution < 1.29 is 6.22 Å². The quantitative estimate of drug-likeness (QED) is 0.757. The average Bonchev–Trinajstić information content (AvgIpc) is 2.20. The summed E-state index contributed by atoms with van der Waals surface area (Å²) in [4.78, 5) is 11.3. The van der Waals surface area contributed by atoms with Gasteiger partial charge in [-0.25, -0.2) is 0 Å². The summed E-state index contributed by atoms with van der Waals surface area (Å²) in [6, 6.07) is 0. The molecule has 0 aromatic heterocycles. The van der Waals surface area contributed by atoms with E-state index >= 15 is 0 Å². The van der Waals surface area contributed by atoms with Crippen LogP contribution in [0.1, 0.15) is 41.5 Å². The Morgan fingerprint density at radius 2 is 2.13 bits per heavy atom. The van der Waals surface area contributed by atoms with E-state index in [9.17, 15) is 4.79 Å². The Hall–Kier alpha value is -1.05. The first-order valence-electron chi connectivity index (χ1n) is 5.75. The van der Waals surface area contributed by atoms with Crippen LogP contribution < -0.4 is 5.32 Å². The highest BCUT2D eigenvalue weighted by Crippen LogP contribution is 2.20. The van der Waals surface area contributed by atoms with Gasteiger partial charge >= 0.3 is 0 Å². The van der Waals surface area contributed by atoms with Crippen molar-refractivity contribution in [1.29, 1.82) is 0 Å². The molecule has 15 heavy (non-hydrogen) atoms. The van der Waals surface area contributed by atoms with Gasteiger partial charge in [-0.15, -0.1) is 0 Å². The van der Waals surface area contributed by atoms with Gasteiger partial charge in [-0.2, -0.15) is 0 Å². The molecule has 0 saturated carbocycles. The Morgan fingerprint density at radius 3 is 2.73 bits per heavy atom. The van der Waals surface area contributed by atoms with Crippen LogP contribution >= 0.6 is 0 Å². The van der Waals surface area contributed by atoms with Gasteiger partial charge in [0.2, 0.25) is 5.91 Å². The molecule has 0 heterocycles. The SMILES string of the molecule is CC1=CCCC=C1CCNC(=O)C(C)C.[HH]. The van der Waals surface area contributed by atoms with Crippen molar-refractivity contribution in [2.24, 2.45) is 5.92 Å². The highest BCUT2D eigenvalue weighted by atomic mass is 16.1. The minimum Gasteiger partial charge on any atom is -0.356 e. The number of amides is 1. The molecule has 0 unspecified atom stereocenters. The molecule has 2 nitrogen and oxygen atoms in total. The van der Waals surface area contributed by atoms with Crippen LogP contribution in [0.15, 0.2) is 23.3 Å². The van der Waals surface area contributed by atoms with E-state index in [0.29, 0.717) is 0 Å². The minimum atomic E-state index is 0. The summed E-state index contributed by atoms with van der Waals surface area (Å²) in [5.74, 6) is 0.231. The van der Waals surface area contributed by atoms with Crippen molar-refractivity contribution >= 4 is 5.91 Å². The summed E-state index contributed by atoms with van der Waals surface area (Å²) in [6.45, 7) is 6.74. The first-order chi connectivity index (χ1) is 7.11. The van der Waals surface area contributed by atoms with Crippen molar-refractivity contribution in [3.8, 4) is 0 Å². The maximum Gasteiger partial charge on any atom is 0.222 e. The maximum atomic E-state index is 11.3. The third kappa shape index (κ3) is 3.90. The molecule has 1 amide bonds. The summed E-state index contributed by atoms with van der Waals surface area (Å²) in [6.07, 6.45) is 7.83. The largest absolute Gasteiger partial charge is 0.356 e. The number of hydrogen-bond acceptors (Lipinski definition) is 1. The van der Waals surface area contributed by atoms with E-state index in [4.69, 9.17) is 0 Å². The van der Waals surface area contributed by atoms with Crippen LogP contribution in [-0.2, 0) is 4.79 Å². The van der Waals surface area contributed by atoms with Gasteiger partial charge in [0, 0.05) is 13.9 Å². The summed E-state index contributed by atoms with van der Waals surface area (Å²) in [7, 11) is 0. The normalized spacial score (nSPS) is 16.0. The number of rotatable bonds is 4. The topological polar surface area (TPSA) is 29.1 Å². The lowest BCUT2D eigenvalue weighted by molar-refractivity contribution is -0.123. The molecule has 0 aromatic carbocycles. The molecule has 1 N–H and O–H groups in total. The van der Waals surface area contributed by atoms with Crippen molar-refractivity contribution in [1.82, 2.24) is 5.32 Å². The maximum absolute atomic E-state index is 11.3. The molecule has 0 aliphatic heterocycles. The fraction of sp³-hybridized carbons (Fsp3) is 0.615. The Bertz CT molecular complexity index is 292. The molecule has 1 rings (SSSR count). The first kappa shape index (κ1) is 12.0. The van der Waals surface area contributed by atoms with Crippen LogP contribution in [0.4, 0.5) is 0 Å². The van der Waals surface area contributed by atoms with Crippen molar-refractivity contribution in [2.75, 3.05) is 6.54 Å². The van der Waals surface area contributed by atoms with Gasteiger partial charge in [-0.05, 0) is 31.8 Å². The standard InChI is InChI=1S/C13H21NO.H2/c1-10(2)13(15)14-9-8-12-7-5-4-6-11(12)3;/h6-7,10H,4-5,8-9H2,1-3H3,(H,14,15);1H. The van der Waals surface area contributed by atoms with Gasteiger partial charge in [0.05, 0.1) is 0 Å². The molecule has 0 atom stereocenters. The number of carbonyl (C=O) groups excluding carboxylic acids is 1. The fourth-order valence-corrected chi connectivity index (χ4v) is 1.67. The lowest BCUT2D eigenvalue weighted by Crippen LogP contribution is -2.28. The van der Waals surface area contributed by atoms with Crippen LogP contribution in [0.25, 0.3) is 0 Å². The molecule has 0 bridgehead atoms. The molecule has 0 radical (unpaired) electrons. The number of nitrogens with one attached hydrogen (secondary N) is 1. The molecule has 2 heteroatoms. The second-order valence-corrected chi connectivity index (χ2v) is 4.39. The Labute approximate surface area is 93.9 Å². The summed E-state index contributed by atoms with van der Waals surface area (Å²) < 4.78 is 0. The zero-order valence-electron chi connectivity index (χ0n) is 9.97. The van der Waals surface area contributed by atoms with Crippen LogP contribution in [0.2, 0.25) is 0 Å². The molecule has 0 aromatic rings. The van der Waals surface area contributed by atoms with Gasteiger partial charge in [-0.3, -0.25) is 4.79 Å². The van der Waals surface area contributed by atoms with E-state index in [2.05, 4.69) is 24.4 Å². The highest BCUT2D eigenvalue weighted by molar-refractivity contribution is 5.77. The van der Waals surface area contributed by atoms with Gasteiger partial charge in [0.25, 0.3) is 0 Å². The lowest BCUT2D eigenvalue weighted by atomic mass is 9.96. The predicted molar refractivity (Wildman–Crippen MR) is 65.7 cm³/mol. The number of allylic oxidation sites excluding steroid dienone is 3. The van der Waals surface area contributed by atoms with Crippen LogP contribution in [0, 0.1) is 5.92 Å². The predicted octanol–water partition coefficient (Wildman–Crippen LogP) is 3.06. The van der Waals surface area contributed by atoms with Gasteiger partial charge < -0.3 is 5.32 Å². The Kier molecular flexibility index (Phi) is 4.60. The summed E-state index contributed by atoms with van der Waals surface area (Å²) in [5.41, 5.74) is 2.77. The minimum absolute atomic E-state index is 0. The third-order valence-electron chi connectivity index (χ3n) is 2.73. The van der Waals surface area contributed by atoms with Crippen LogP contribution in [-0.4, -0.2) is 12.5 Å². The van der Waals surface area contributed by atoms with Crippen molar-refractivity contribution in [3.63, 3.8) is 0 Å². The Balaban J connectivity index is 0.00000225. The van der Waals surface area contributed by atoms with E-state index < -0.39 is 0 Å². The lowest BCUT2D eigenvalue weighted by Gasteiger charge is -2.13. The van der Waals surface area contributed by atoms with Crippen LogP contribution in [0.5, 0.6) is 0 Å². The van der Waals surface area contributed by atoms with E-state index in [-0.39, 0.29) is 13.3 Å². The van der Waals surface area contributed by atoms with Gasteiger partial charge in [-0.1, -0.05) is 31.6 Å². The number of carbonyl (C=O) groups is 1. The molecule has 0 saturated heterocycles. The summed E-state index contributed by atoms with van der Waals surface area (Å²) >= 11 is 0. The molecular formula is C13H23NO. The molecule has 86 valence electrons. The van der Waals surface area contributed by atoms with Gasteiger partial charge in [0.15, 0.2) is 0 Å². The van der Waals surface area contributed by atoms with E-state index in [0.717, 1.165) is 25.8 Å². The molecule has 1 aliphatic rings. The van der Waals surface area contributed by atoms with Gasteiger partial charge in [0.1, 0.15) is 0 Å². The Morgan fingerprint density at radius 1 is 1.47 bits per heavy atom. The molecule has 1 aliphatic carbocycles. The average molecular weight is 209 g/mol. The second-order valence-electron chi connectivity index (χ2n) is 4.39. The summed E-state index contributed by atoms with van der Waals surface area (Å²) in [5, 5.41) is 2.94. The van der Waals surface area contributed by atoms with E-state index in [1.165, 1.54) is 11.1 Å².